The summed E-state index contributed by atoms with van der Waals surface area (Å²) in [6.45, 7) is 5.49. The van der Waals surface area contributed by atoms with Gasteiger partial charge in [0.25, 0.3) is 0 Å². The number of carbonyl (C=O) groups is 1. The molecule has 3 N–H and O–H groups in total. The second-order valence-electron chi connectivity index (χ2n) is 9.93. The lowest BCUT2D eigenvalue weighted by atomic mass is 10.1. The molecule has 0 atom stereocenters. The molecule has 0 aliphatic heterocycles. The lowest BCUT2D eigenvalue weighted by Crippen LogP contribution is -2.27. The summed E-state index contributed by atoms with van der Waals surface area (Å²) < 4.78 is 9.10. The molecule has 43 heavy (non-hydrogen) atoms. The highest BCUT2D eigenvalue weighted by atomic mass is 79.9. The van der Waals surface area contributed by atoms with Crippen LogP contribution in [0.5, 0.6) is 0 Å². The molecule has 3 aromatic heterocycles. The maximum absolute atomic E-state index is 11.7. The first-order chi connectivity index (χ1) is 20.4. The fourth-order valence-corrected chi connectivity index (χ4v) is 5.13. The van der Waals surface area contributed by atoms with Crippen LogP contribution in [0.2, 0.25) is 0 Å². The van der Waals surface area contributed by atoms with Gasteiger partial charge in [-0.3, -0.25) is 20.3 Å². The van der Waals surface area contributed by atoms with Crippen molar-refractivity contribution in [2.75, 3.05) is 11.1 Å². The molecule has 5 aromatic rings. The molecule has 0 fully saturated rings. The van der Waals surface area contributed by atoms with Crippen molar-refractivity contribution in [2.45, 2.75) is 26.4 Å². The molecule has 3 heterocycles. The van der Waals surface area contributed by atoms with Gasteiger partial charge in [0.05, 0.1) is 0 Å². The Morgan fingerprint density at radius 1 is 0.628 bits per heavy atom. The topological polar surface area (TPSA) is 103 Å². The van der Waals surface area contributed by atoms with Crippen LogP contribution in [0.25, 0.3) is 22.3 Å². The maximum atomic E-state index is 11.7. The zero-order chi connectivity index (χ0) is 31.4. The number of hydrogen-bond acceptors (Lipinski definition) is 6. The van der Waals surface area contributed by atoms with Crippen molar-refractivity contribution in [1.29, 1.82) is 0 Å². The van der Waals surface area contributed by atoms with Crippen LogP contribution in [0, 0.1) is 0 Å². The number of nitrogens with one attached hydrogen (secondary N) is 1. The van der Waals surface area contributed by atoms with Crippen LogP contribution in [0.1, 0.15) is 20.8 Å². The van der Waals surface area contributed by atoms with Gasteiger partial charge in [-0.25, -0.2) is 4.79 Å². The average molecular weight is 835 g/mol. The molecule has 2 aromatic carbocycles. The molecule has 0 saturated heterocycles. The number of anilines is 2. The number of nitrogen functional groups attached to an aromatic ring is 1. The van der Waals surface area contributed by atoms with Gasteiger partial charge in [-0.2, -0.15) is 0 Å². The van der Waals surface area contributed by atoms with Crippen molar-refractivity contribution in [2.24, 2.45) is 0 Å². The first-order valence-electron chi connectivity index (χ1n) is 12.8. The first-order valence-corrected chi connectivity index (χ1v) is 16.0. The number of rotatable bonds is 3. The van der Waals surface area contributed by atoms with Crippen LogP contribution in [0.4, 0.5) is 16.2 Å². The maximum Gasteiger partial charge on any atom is 0.412 e. The highest BCUT2D eigenvalue weighted by Gasteiger charge is 2.16. The van der Waals surface area contributed by atoms with Gasteiger partial charge in [0.1, 0.15) is 5.60 Å². The quantitative estimate of drug-likeness (QED) is 0.176. The van der Waals surface area contributed by atoms with Gasteiger partial charge in [0.15, 0.2) is 0 Å². The minimum Gasteiger partial charge on any atom is -0.444 e. The van der Waals surface area contributed by atoms with E-state index >= 15 is 0 Å². The summed E-state index contributed by atoms with van der Waals surface area (Å²) in [6, 6.07) is 21.2. The van der Waals surface area contributed by atoms with Crippen LogP contribution in [0.15, 0.2) is 122 Å². The second-order valence-corrected chi connectivity index (χ2v) is 13.6. The summed E-state index contributed by atoms with van der Waals surface area (Å²) in [7, 11) is 0. The van der Waals surface area contributed by atoms with Crippen molar-refractivity contribution in [3.63, 3.8) is 0 Å². The fourth-order valence-electron chi connectivity index (χ4n) is 3.37. The van der Waals surface area contributed by atoms with E-state index in [9.17, 15) is 4.79 Å². The second kappa shape index (κ2) is 16.7. The standard InChI is InChI=1S/C16H17BrN2O2.C11H9BrN2.C5H3Br2N/c1-16(2,3)21-15(20)19-14-6-4-11(5-7-14)12-8-13(17)10-18-9-12;12-10-5-9(6-14-7-10)8-1-3-11(13)4-2-8;6-4-1-5(7)3-8-2-4/h4-10H,1-3H3,(H,19,20);1-7H,13H2;1-3H. The number of nitrogens with zero attached hydrogens (tertiary/aromatic N) is 3. The van der Waals surface area contributed by atoms with E-state index in [-0.39, 0.29) is 0 Å². The summed E-state index contributed by atoms with van der Waals surface area (Å²) >= 11 is 13.3. The molecule has 0 bridgehead atoms. The van der Waals surface area contributed by atoms with E-state index in [0.717, 1.165) is 45.8 Å². The molecule has 7 nitrogen and oxygen atoms in total. The van der Waals surface area contributed by atoms with E-state index in [1.165, 1.54) is 0 Å². The SMILES string of the molecule is Brc1cncc(Br)c1.CC(C)(C)OC(=O)Nc1ccc(-c2cncc(Br)c2)cc1.Nc1ccc(-c2cncc(Br)c2)cc1. The largest absolute Gasteiger partial charge is 0.444 e. The number of pyridine rings is 3. The predicted octanol–water partition coefficient (Wildman–Crippen LogP) is 10.6. The van der Waals surface area contributed by atoms with Gasteiger partial charge in [0, 0.05) is 77.6 Å². The number of ether oxygens (including phenoxy) is 1. The van der Waals surface area contributed by atoms with Crippen molar-refractivity contribution >= 4 is 81.2 Å². The summed E-state index contributed by atoms with van der Waals surface area (Å²) in [5, 5.41) is 2.70. The van der Waals surface area contributed by atoms with Crippen LogP contribution < -0.4 is 11.1 Å². The Labute approximate surface area is 285 Å². The third kappa shape index (κ3) is 13.0. The number of carbonyl (C=O) groups excluding carboxylic acids is 1. The van der Waals surface area contributed by atoms with Crippen molar-refractivity contribution in [3.8, 4) is 22.3 Å². The van der Waals surface area contributed by atoms with E-state index in [0.29, 0.717) is 5.69 Å². The fraction of sp³-hybridized carbons (Fsp3) is 0.125. The summed E-state index contributed by atoms with van der Waals surface area (Å²) in [6.07, 6.45) is 10.1. The predicted molar refractivity (Wildman–Crippen MR) is 189 cm³/mol. The lowest BCUT2D eigenvalue weighted by molar-refractivity contribution is 0.0636. The van der Waals surface area contributed by atoms with Gasteiger partial charge >= 0.3 is 6.09 Å². The van der Waals surface area contributed by atoms with Gasteiger partial charge in [-0.05, 0) is 138 Å². The number of aromatic nitrogens is 3. The van der Waals surface area contributed by atoms with Crippen molar-refractivity contribution < 1.29 is 9.53 Å². The zero-order valence-corrected chi connectivity index (χ0v) is 29.9. The highest BCUT2D eigenvalue weighted by molar-refractivity contribution is 9.11. The third-order valence-electron chi connectivity index (χ3n) is 5.19. The van der Waals surface area contributed by atoms with E-state index < -0.39 is 11.7 Å². The smallest absolute Gasteiger partial charge is 0.412 e. The molecule has 222 valence electrons. The molecular formula is C32H29Br4N5O2. The van der Waals surface area contributed by atoms with Crippen LogP contribution in [0.3, 0.4) is 0 Å². The Hall–Kier alpha value is -3.12. The number of hydrogen-bond donors (Lipinski definition) is 2. The number of nitrogens with two attached hydrogens (primary N) is 1. The average Bonchev–Trinajstić information content (AvgIpc) is 2.93. The number of halogens is 4. The first kappa shape index (κ1) is 34.4. The van der Waals surface area contributed by atoms with Crippen LogP contribution >= 0.6 is 63.7 Å². The van der Waals surface area contributed by atoms with E-state index in [2.05, 4.69) is 84.0 Å². The molecule has 5 rings (SSSR count). The molecular weight excluding hydrogens is 806 g/mol. The van der Waals surface area contributed by atoms with Gasteiger partial charge in [-0.1, -0.05) is 24.3 Å². The number of amides is 1. The Balaban J connectivity index is 0.000000196. The molecule has 0 radical (unpaired) electrons. The lowest BCUT2D eigenvalue weighted by Gasteiger charge is -2.19. The third-order valence-corrected chi connectivity index (χ3v) is 6.92. The zero-order valence-electron chi connectivity index (χ0n) is 23.6. The van der Waals surface area contributed by atoms with Crippen molar-refractivity contribution in [1.82, 2.24) is 15.0 Å². The molecule has 0 unspecified atom stereocenters. The van der Waals surface area contributed by atoms with Gasteiger partial charge < -0.3 is 10.5 Å². The molecule has 0 aliphatic carbocycles. The Kier molecular flexibility index (Phi) is 13.3. The Bertz CT molecular complexity index is 1610. The molecule has 0 aliphatic rings. The van der Waals surface area contributed by atoms with E-state index in [1.807, 2.05) is 93.7 Å². The molecule has 11 heteroatoms. The summed E-state index contributed by atoms with van der Waals surface area (Å²) in [4.78, 5) is 23.8. The normalized spacial score (nSPS) is 10.4. The van der Waals surface area contributed by atoms with Gasteiger partial charge in [-0.15, -0.1) is 0 Å². The van der Waals surface area contributed by atoms with E-state index in [1.54, 1.807) is 31.0 Å². The minimum absolute atomic E-state index is 0.459. The Morgan fingerprint density at radius 3 is 1.40 bits per heavy atom. The summed E-state index contributed by atoms with van der Waals surface area (Å²) in [5.41, 5.74) is 10.8. The molecule has 0 saturated carbocycles. The molecule has 0 spiro atoms. The summed E-state index contributed by atoms with van der Waals surface area (Å²) in [5.74, 6) is 0. The molecule has 1 amide bonds. The number of benzene rings is 2. The van der Waals surface area contributed by atoms with Crippen molar-refractivity contribution in [3.05, 3.63) is 122 Å². The van der Waals surface area contributed by atoms with Crippen LogP contribution in [-0.4, -0.2) is 26.6 Å². The monoisotopic (exact) mass is 831 g/mol. The van der Waals surface area contributed by atoms with Crippen LogP contribution in [-0.2, 0) is 4.74 Å². The highest BCUT2D eigenvalue weighted by Crippen LogP contribution is 2.24. The van der Waals surface area contributed by atoms with Gasteiger partial charge in [0.2, 0.25) is 0 Å². The Morgan fingerprint density at radius 2 is 1.02 bits per heavy atom. The minimum atomic E-state index is -0.508. The van der Waals surface area contributed by atoms with E-state index in [4.69, 9.17) is 10.5 Å².